The van der Waals surface area contributed by atoms with Gasteiger partial charge in [0, 0.05) is 19.0 Å². The van der Waals surface area contributed by atoms with Gasteiger partial charge in [0.15, 0.2) is 0 Å². The van der Waals surface area contributed by atoms with Crippen LogP contribution in [0, 0.1) is 5.41 Å². The molecule has 1 saturated carbocycles. The Morgan fingerprint density at radius 2 is 1.96 bits per heavy atom. The average Bonchev–Trinajstić information content (AvgIpc) is 2.93. The summed E-state index contributed by atoms with van der Waals surface area (Å²) in [5.74, 6) is -0.0367. The predicted octanol–water partition coefficient (Wildman–Crippen LogP) is 3.47. The Morgan fingerprint density at radius 1 is 1.29 bits per heavy atom. The highest BCUT2D eigenvalue weighted by atomic mass is 16.2. The topological polar surface area (TPSA) is 46.9 Å². The van der Waals surface area contributed by atoms with Crippen LogP contribution in [-0.4, -0.2) is 22.2 Å². The van der Waals surface area contributed by atoms with Crippen LogP contribution in [0.15, 0.2) is 36.4 Å². The molecule has 0 bridgehead atoms. The summed E-state index contributed by atoms with van der Waals surface area (Å²) in [5.41, 5.74) is 3.18. The van der Waals surface area contributed by atoms with Gasteiger partial charge in [-0.25, -0.2) is 0 Å². The number of aromatic nitrogens is 2. The quantitative estimate of drug-likeness (QED) is 0.884. The fourth-order valence-corrected chi connectivity index (χ4v) is 3.80. The first-order chi connectivity index (χ1) is 11.4. The second-order valence-electron chi connectivity index (χ2n) is 7.59. The number of nitrogens with zero attached hydrogens (tertiary/aromatic N) is 2. The first kappa shape index (κ1) is 16.7. The van der Waals surface area contributed by atoms with Gasteiger partial charge in [-0.2, -0.15) is 5.10 Å². The normalized spacial score (nSPS) is 21.5. The molecule has 24 heavy (non-hydrogen) atoms. The molecular weight excluding hydrogens is 298 g/mol. The van der Waals surface area contributed by atoms with Gasteiger partial charge in [0.2, 0.25) is 0 Å². The lowest BCUT2D eigenvalue weighted by atomic mass is 9.88. The zero-order valence-electron chi connectivity index (χ0n) is 15.1. The highest BCUT2D eigenvalue weighted by molar-refractivity contribution is 5.92. The summed E-state index contributed by atoms with van der Waals surface area (Å²) in [4.78, 5) is 12.6. The van der Waals surface area contributed by atoms with E-state index < -0.39 is 0 Å². The van der Waals surface area contributed by atoms with Crippen LogP contribution in [0.1, 0.15) is 55.4 Å². The fourth-order valence-electron chi connectivity index (χ4n) is 3.80. The molecule has 1 N–H and O–H groups in total. The second-order valence-corrected chi connectivity index (χ2v) is 7.59. The highest BCUT2D eigenvalue weighted by Crippen LogP contribution is 2.63. The molecule has 4 heteroatoms. The number of carbonyl (C=O) groups is 1. The molecule has 4 nitrogen and oxygen atoms in total. The van der Waals surface area contributed by atoms with E-state index in [2.05, 4.69) is 55.5 Å². The number of carbonyl (C=O) groups excluding carboxylic acids is 1. The fraction of sp³-hybridized carbons (Fsp3) is 0.500. The molecule has 0 spiro atoms. The van der Waals surface area contributed by atoms with Gasteiger partial charge in [-0.15, -0.1) is 0 Å². The Morgan fingerprint density at radius 3 is 2.54 bits per heavy atom. The number of amides is 1. The Bertz CT molecular complexity index is 733. The van der Waals surface area contributed by atoms with Crippen molar-refractivity contribution in [3.8, 4) is 0 Å². The standard InChI is InChI=1S/C20H27N3O/c1-5-9-16-12-17(23(4)22-16)18(24)21-14-20(13-19(20,2)3)15-10-7-6-8-11-15/h6-8,10-12H,5,9,13-14H2,1-4H3,(H,21,24)/t20-/m0/s1. The molecule has 0 radical (unpaired) electrons. The van der Waals surface area contributed by atoms with Crippen molar-refractivity contribution in [2.24, 2.45) is 12.5 Å². The molecule has 128 valence electrons. The largest absolute Gasteiger partial charge is 0.350 e. The maximum Gasteiger partial charge on any atom is 0.269 e. The monoisotopic (exact) mass is 325 g/mol. The van der Waals surface area contributed by atoms with Gasteiger partial charge in [0.1, 0.15) is 5.69 Å². The first-order valence-electron chi connectivity index (χ1n) is 8.76. The van der Waals surface area contributed by atoms with Crippen LogP contribution in [0.5, 0.6) is 0 Å². The third-order valence-electron chi connectivity index (χ3n) is 5.46. The maximum atomic E-state index is 12.6. The highest BCUT2D eigenvalue weighted by Gasteiger charge is 2.61. The second kappa shape index (κ2) is 6.08. The molecule has 1 aliphatic rings. The van der Waals surface area contributed by atoms with E-state index in [1.165, 1.54) is 5.56 Å². The Labute approximate surface area is 144 Å². The molecule has 1 aliphatic carbocycles. The van der Waals surface area contributed by atoms with Gasteiger partial charge >= 0.3 is 0 Å². The SMILES string of the molecule is CCCc1cc(C(=O)NC[C@]2(c3ccccc3)CC2(C)C)n(C)n1. The molecule has 1 aromatic heterocycles. The Kier molecular flexibility index (Phi) is 4.24. The van der Waals surface area contributed by atoms with Gasteiger partial charge in [0.05, 0.1) is 5.69 Å². The molecule has 0 unspecified atom stereocenters. The third kappa shape index (κ3) is 2.85. The summed E-state index contributed by atoms with van der Waals surface area (Å²) >= 11 is 0. The lowest BCUT2D eigenvalue weighted by Crippen LogP contribution is -2.35. The minimum Gasteiger partial charge on any atom is -0.350 e. The number of rotatable bonds is 6. The van der Waals surface area contributed by atoms with Crippen molar-refractivity contribution in [2.75, 3.05) is 6.54 Å². The summed E-state index contributed by atoms with van der Waals surface area (Å²) in [6, 6.07) is 12.4. The zero-order valence-corrected chi connectivity index (χ0v) is 15.1. The average molecular weight is 325 g/mol. The third-order valence-corrected chi connectivity index (χ3v) is 5.46. The van der Waals surface area contributed by atoms with Crippen LogP contribution in [-0.2, 0) is 18.9 Å². The van der Waals surface area contributed by atoms with E-state index in [9.17, 15) is 4.79 Å². The summed E-state index contributed by atoms with van der Waals surface area (Å²) in [6.07, 6.45) is 3.03. The molecule has 3 rings (SSSR count). The summed E-state index contributed by atoms with van der Waals surface area (Å²) in [7, 11) is 1.84. The Hall–Kier alpha value is -2.10. The van der Waals surface area contributed by atoms with Gasteiger partial charge in [-0.05, 0) is 29.9 Å². The maximum absolute atomic E-state index is 12.6. The minimum absolute atomic E-state index is 0.0365. The lowest BCUT2D eigenvalue weighted by molar-refractivity contribution is 0.0938. The van der Waals surface area contributed by atoms with Crippen LogP contribution in [0.3, 0.4) is 0 Å². The number of aryl methyl sites for hydroxylation is 2. The van der Waals surface area contributed by atoms with Crippen molar-refractivity contribution < 1.29 is 4.79 Å². The van der Waals surface area contributed by atoms with Crippen LogP contribution in [0.4, 0.5) is 0 Å². The minimum atomic E-state index is -0.0367. The van der Waals surface area contributed by atoms with E-state index >= 15 is 0 Å². The van der Waals surface area contributed by atoms with Gasteiger partial charge in [-0.3, -0.25) is 9.48 Å². The number of benzene rings is 1. The van der Waals surface area contributed by atoms with E-state index in [0.717, 1.165) is 25.0 Å². The van der Waals surface area contributed by atoms with Crippen molar-refractivity contribution in [1.82, 2.24) is 15.1 Å². The van der Waals surface area contributed by atoms with Gasteiger partial charge in [-0.1, -0.05) is 57.5 Å². The van der Waals surface area contributed by atoms with E-state index in [1.807, 2.05) is 19.2 Å². The van der Waals surface area contributed by atoms with E-state index in [0.29, 0.717) is 12.2 Å². The molecule has 0 saturated heterocycles. The van der Waals surface area contributed by atoms with Crippen molar-refractivity contribution >= 4 is 5.91 Å². The molecule has 2 aromatic rings. The molecule has 1 heterocycles. The van der Waals surface area contributed by atoms with Gasteiger partial charge < -0.3 is 5.32 Å². The summed E-state index contributed by atoms with van der Waals surface area (Å²) < 4.78 is 1.69. The summed E-state index contributed by atoms with van der Waals surface area (Å²) in [5, 5.41) is 7.58. The van der Waals surface area contributed by atoms with Gasteiger partial charge in [0.25, 0.3) is 5.91 Å². The first-order valence-corrected chi connectivity index (χ1v) is 8.76. The van der Waals surface area contributed by atoms with Crippen LogP contribution in [0.25, 0.3) is 0 Å². The van der Waals surface area contributed by atoms with E-state index in [1.54, 1.807) is 4.68 Å². The molecular formula is C20H27N3O. The number of hydrogen-bond donors (Lipinski definition) is 1. The van der Waals surface area contributed by atoms with Crippen LogP contribution >= 0.6 is 0 Å². The van der Waals surface area contributed by atoms with Crippen molar-refractivity contribution in [1.29, 1.82) is 0 Å². The molecule has 1 amide bonds. The van der Waals surface area contributed by atoms with Crippen LogP contribution < -0.4 is 5.32 Å². The predicted molar refractivity (Wildman–Crippen MR) is 96.1 cm³/mol. The van der Waals surface area contributed by atoms with Crippen LogP contribution in [0.2, 0.25) is 0 Å². The van der Waals surface area contributed by atoms with E-state index in [-0.39, 0.29) is 16.7 Å². The Balaban J connectivity index is 1.74. The molecule has 1 atom stereocenters. The molecule has 1 aromatic carbocycles. The van der Waals surface area contributed by atoms with E-state index in [4.69, 9.17) is 0 Å². The van der Waals surface area contributed by atoms with Crippen molar-refractivity contribution in [3.63, 3.8) is 0 Å². The molecule has 0 aliphatic heterocycles. The summed E-state index contributed by atoms with van der Waals surface area (Å²) in [6.45, 7) is 7.33. The zero-order chi connectivity index (χ0) is 17.4. The molecule has 1 fully saturated rings. The number of nitrogens with one attached hydrogen (secondary N) is 1. The van der Waals surface area contributed by atoms with Crippen molar-refractivity contribution in [3.05, 3.63) is 53.3 Å². The number of hydrogen-bond acceptors (Lipinski definition) is 2. The lowest BCUT2D eigenvalue weighted by Gasteiger charge is -2.22. The smallest absolute Gasteiger partial charge is 0.269 e. The van der Waals surface area contributed by atoms with Crippen molar-refractivity contribution in [2.45, 2.75) is 45.4 Å².